The zero-order valence-corrected chi connectivity index (χ0v) is 23.8. The summed E-state index contributed by atoms with van der Waals surface area (Å²) in [4.78, 5) is 48.7. The van der Waals surface area contributed by atoms with Crippen LogP contribution in [0.5, 0.6) is 5.75 Å². The fourth-order valence-corrected chi connectivity index (χ4v) is 3.41. The molecule has 0 aliphatic carbocycles. The van der Waals surface area contributed by atoms with Crippen LogP contribution in [0, 0.1) is 11.3 Å². The van der Waals surface area contributed by atoms with Crippen LogP contribution in [0.3, 0.4) is 0 Å². The molecule has 0 bridgehead atoms. The quantitative estimate of drug-likeness (QED) is 0.221. The van der Waals surface area contributed by atoms with Gasteiger partial charge in [0.05, 0.1) is 24.8 Å². The third kappa shape index (κ3) is 12.3. The van der Waals surface area contributed by atoms with Gasteiger partial charge in [0.15, 0.2) is 0 Å². The molecule has 0 saturated heterocycles. The Morgan fingerprint density at radius 2 is 1.78 bits per heavy atom. The number of benzene rings is 2. The van der Waals surface area contributed by atoms with E-state index in [0.717, 1.165) is 5.56 Å². The fourth-order valence-electron chi connectivity index (χ4n) is 3.41. The average Bonchev–Trinajstić information content (AvgIpc) is 2.92. The molecule has 0 spiro atoms. The molecule has 1 atom stereocenters. The summed E-state index contributed by atoms with van der Waals surface area (Å²) in [5, 5.41) is 14.5. The summed E-state index contributed by atoms with van der Waals surface area (Å²) in [7, 11) is 1.17. The first-order valence-corrected chi connectivity index (χ1v) is 12.8. The largest absolute Gasteiger partial charge is 0.491 e. The number of hydrogen-bond donors (Lipinski definition) is 2. The number of nitrogens with zero attached hydrogens (tertiary/aromatic N) is 1. The van der Waals surface area contributed by atoms with E-state index in [1.165, 1.54) is 38.3 Å². The SMILES string of the molecule is COC(=O)/C(=C\c1ccc(C#N)cc1OC[C@@H](CCC(=O)OCc1ccccc1)NC(=O)OC(C)(C)C)NC(C)=O. The second-order valence-corrected chi connectivity index (χ2v) is 9.93. The van der Waals surface area contributed by atoms with Gasteiger partial charge in [-0.15, -0.1) is 0 Å². The van der Waals surface area contributed by atoms with E-state index < -0.39 is 35.6 Å². The van der Waals surface area contributed by atoms with Crippen molar-refractivity contribution in [2.75, 3.05) is 13.7 Å². The number of methoxy groups -OCH3 is 1. The number of nitrogens with one attached hydrogen (secondary N) is 2. The van der Waals surface area contributed by atoms with Gasteiger partial charge in [0.2, 0.25) is 5.91 Å². The van der Waals surface area contributed by atoms with Gasteiger partial charge in [-0.3, -0.25) is 9.59 Å². The smallest absolute Gasteiger partial charge is 0.407 e. The number of amides is 2. The Morgan fingerprint density at radius 1 is 1.07 bits per heavy atom. The van der Waals surface area contributed by atoms with E-state index in [1.807, 2.05) is 36.4 Å². The molecule has 11 nitrogen and oxygen atoms in total. The van der Waals surface area contributed by atoms with Crippen molar-refractivity contribution in [3.8, 4) is 11.8 Å². The van der Waals surface area contributed by atoms with E-state index in [1.54, 1.807) is 20.8 Å². The molecule has 0 radical (unpaired) electrons. The van der Waals surface area contributed by atoms with E-state index in [0.29, 0.717) is 5.56 Å². The van der Waals surface area contributed by atoms with Crippen molar-refractivity contribution in [2.45, 2.75) is 58.8 Å². The first kappa shape index (κ1) is 32.4. The van der Waals surface area contributed by atoms with Gasteiger partial charge in [0.1, 0.15) is 30.3 Å². The highest BCUT2D eigenvalue weighted by molar-refractivity contribution is 5.97. The van der Waals surface area contributed by atoms with Gasteiger partial charge < -0.3 is 29.6 Å². The third-order valence-electron chi connectivity index (χ3n) is 5.26. The molecule has 2 N–H and O–H groups in total. The summed E-state index contributed by atoms with van der Waals surface area (Å²) in [6.07, 6.45) is 0.792. The second kappa shape index (κ2) is 15.7. The van der Waals surface area contributed by atoms with Crippen LogP contribution in [0.2, 0.25) is 0 Å². The number of rotatable bonds is 12. The molecule has 0 aliphatic rings. The van der Waals surface area contributed by atoms with E-state index in [2.05, 4.69) is 10.6 Å². The number of hydrogen-bond acceptors (Lipinski definition) is 9. The molecule has 2 aromatic carbocycles. The van der Waals surface area contributed by atoms with Crippen molar-refractivity contribution in [3.05, 3.63) is 70.9 Å². The Labute approximate surface area is 239 Å². The molecule has 41 heavy (non-hydrogen) atoms. The minimum absolute atomic E-state index is 0.0172. The van der Waals surface area contributed by atoms with Crippen LogP contribution in [0.15, 0.2) is 54.2 Å². The molecule has 0 aliphatic heterocycles. The first-order valence-electron chi connectivity index (χ1n) is 12.8. The Morgan fingerprint density at radius 3 is 2.39 bits per heavy atom. The molecule has 2 aromatic rings. The zero-order chi connectivity index (χ0) is 30.4. The lowest BCUT2D eigenvalue weighted by atomic mass is 10.1. The third-order valence-corrected chi connectivity index (χ3v) is 5.26. The second-order valence-electron chi connectivity index (χ2n) is 9.93. The van der Waals surface area contributed by atoms with Gasteiger partial charge in [0, 0.05) is 18.9 Å². The minimum Gasteiger partial charge on any atom is -0.491 e. The number of carbonyl (C=O) groups excluding carboxylic acids is 4. The van der Waals surface area contributed by atoms with Crippen molar-refractivity contribution in [2.24, 2.45) is 0 Å². The van der Waals surface area contributed by atoms with Crippen molar-refractivity contribution < 1.29 is 38.1 Å². The molecule has 0 fully saturated rings. The molecular formula is C30H35N3O8. The van der Waals surface area contributed by atoms with Gasteiger partial charge in [-0.25, -0.2) is 9.59 Å². The van der Waals surface area contributed by atoms with Gasteiger partial charge in [0.25, 0.3) is 0 Å². The highest BCUT2D eigenvalue weighted by Gasteiger charge is 2.22. The molecule has 0 unspecified atom stereocenters. The lowest BCUT2D eigenvalue weighted by Crippen LogP contribution is -2.42. The van der Waals surface area contributed by atoms with Crippen LogP contribution in [0.4, 0.5) is 4.79 Å². The molecular weight excluding hydrogens is 530 g/mol. The molecule has 11 heteroatoms. The van der Waals surface area contributed by atoms with Gasteiger partial charge >= 0.3 is 18.0 Å². The predicted octanol–water partition coefficient (Wildman–Crippen LogP) is 4.00. The van der Waals surface area contributed by atoms with Crippen LogP contribution in [-0.4, -0.2) is 49.3 Å². The highest BCUT2D eigenvalue weighted by Crippen LogP contribution is 2.24. The van der Waals surface area contributed by atoms with Gasteiger partial charge in [-0.2, -0.15) is 5.26 Å². The monoisotopic (exact) mass is 565 g/mol. The molecule has 2 rings (SSSR count). The fraction of sp³-hybridized carbons (Fsp3) is 0.367. The Kier molecular flexibility index (Phi) is 12.4. The molecule has 0 saturated carbocycles. The van der Waals surface area contributed by atoms with E-state index >= 15 is 0 Å². The summed E-state index contributed by atoms with van der Waals surface area (Å²) in [5.74, 6) is -1.54. The Hall–Kier alpha value is -4.85. The maximum absolute atomic E-state index is 12.5. The number of esters is 2. The normalized spacial score (nSPS) is 11.9. The average molecular weight is 566 g/mol. The van der Waals surface area contributed by atoms with E-state index in [-0.39, 0.29) is 43.1 Å². The lowest BCUT2D eigenvalue weighted by Gasteiger charge is -2.24. The standard InChI is InChI=1S/C30H35N3O8/c1-20(34)32-25(28(36)38-5)16-23-12-11-22(17-31)15-26(23)39-19-24(33-29(37)41-30(2,3)4)13-14-27(35)40-18-21-9-7-6-8-10-21/h6-12,15-16,24H,13-14,18-19H2,1-5H3,(H,32,34)(H,33,37)/b25-16+/t24-/m1/s1. The summed E-state index contributed by atoms with van der Waals surface area (Å²) in [6, 6.07) is 15.1. The van der Waals surface area contributed by atoms with Crippen LogP contribution in [0.1, 0.15) is 57.2 Å². The first-order chi connectivity index (χ1) is 19.4. The van der Waals surface area contributed by atoms with Gasteiger partial charge in [-0.1, -0.05) is 30.3 Å². The number of alkyl carbamates (subject to hydrolysis) is 1. The molecule has 2 amide bonds. The van der Waals surface area contributed by atoms with E-state index in [4.69, 9.17) is 18.9 Å². The summed E-state index contributed by atoms with van der Waals surface area (Å²) in [5.41, 5.74) is 0.584. The lowest BCUT2D eigenvalue weighted by molar-refractivity contribution is -0.145. The predicted molar refractivity (Wildman–Crippen MR) is 149 cm³/mol. The zero-order valence-electron chi connectivity index (χ0n) is 23.8. The highest BCUT2D eigenvalue weighted by atomic mass is 16.6. The summed E-state index contributed by atoms with van der Waals surface area (Å²) < 4.78 is 21.4. The minimum atomic E-state index is -0.783. The topological polar surface area (TPSA) is 153 Å². The Balaban J connectivity index is 2.22. The van der Waals surface area contributed by atoms with Gasteiger partial charge in [-0.05, 0) is 57.0 Å². The number of nitriles is 1. The van der Waals surface area contributed by atoms with Crippen LogP contribution < -0.4 is 15.4 Å². The summed E-state index contributed by atoms with van der Waals surface area (Å²) in [6.45, 7) is 6.41. The summed E-state index contributed by atoms with van der Waals surface area (Å²) >= 11 is 0. The van der Waals surface area contributed by atoms with Crippen molar-refractivity contribution in [3.63, 3.8) is 0 Å². The van der Waals surface area contributed by atoms with Crippen molar-refractivity contribution in [1.82, 2.24) is 10.6 Å². The number of carbonyl (C=O) groups is 4. The number of ether oxygens (including phenoxy) is 4. The molecule has 0 heterocycles. The maximum atomic E-state index is 12.5. The van der Waals surface area contributed by atoms with Crippen LogP contribution >= 0.6 is 0 Å². The van der Waals surface area contributed by atoms with E-state index in [9.17, 15) is 24.4 Å². The Bertz CT molecular complexity index is 1290. The molecule has 218 valence electrons. The maximum Gasteiger partial charge on any atom is 0.407 e. The van der Waals surface area contributed by atoms with Crippen LogP contribution in [-0.2, 0) is 35.2 Å². The van der Waals surface area contributed by atoms with Crippen molar-refractivity contribution in [1.29, 1.82) is 5.26 Å². The molecule has 0 aromatic heterocycles. The van der Waals surface area contributed by atoms with Crippen molar-refractivity contribution >= 4 is 30.0 Å². The van der Waals surface area contributed by atoms with Crippen LogP contribution in [0.25, 0.3) is 6.08 Å².